The molecule has 0 spiro atoms. The Balaban J connectivity index is 2.44. The monoisotopic (exact) mass is 372 g/mol. The molecule has 0 saturated heterocycles. The van der Waals surface area contributed by atoms with Gasteiger partial charge in [-0.1, -0.05) is 48.6 Å². The Morgan fingerprint density at radius 2 is 1.25 bits per heavy atom. The van der Waals surface area contributed by atoms with E-state index in [4.69, 9.17) is 24.8 Å². The highest BCUT2D eigenvalue weighted by Crippen LogP contribution is 2.43. The van der Waals surface area contributed by atoms with E-state index in [0.717, 1.165) is 3.53 Å². The van der Waals surface area contributed by atoms with Gasteiger partial charge in [-0.3, -0.25) is 0 Å². The van der Waals surface area contributed by atoms with Crippen molar-refractivity contribution in [2.45, 2.75) is 9.79 Å². The van der Waals surface area contributed by atoms with E-state index < -0.39 is 0 Å². The van der Waals surface area contributed by atoms with Crippen LogP contribution in [-0.2, 0) is 0 Å². The zero-order valence-electron chi connectivity index (χ0n) is 10.3. The molecule has 0 bridgehead atoms. The van der Waals surface area contributed by atoms with Crippen LogP contribution in [0, 0.1) is 0 Å². The van der Waals surface area contributed by atoms with Gasteiger partial charge in [-0.25, -0.2) is 0 Å². The van der Waals surface area contributed by atoms with E-state index in [0.29, 0.717) is 3.53 Å². The normalized spacial score (nSPS) is 10.6. The van der Waals surface area contributed by atoms with Crippen LogP contribution >= 0.6 is 69.5 Å². The highest BCUT2D eigenvalue weighted by molar-refractivity contribution is 8.95. The lowest BCUT2D eigenvalue weighted by atomic mass is 10.4. The molecule has 0 nitrogen and oxygen atoms in total. The highest BCUT2D eigenvalue weighted by Gasteiger charge is 2.09. The van der Waals surface area contributed by atoms with Gasteiger partial charge in [0.25, 0.3) is 0 Å². The van der Waals surface area contributed by atoms with Crippen LogP contribution in [0.3, 0.4) is 0 Å². The van der Waals surface area contributed by atoms with Gasteiger partial charge in [0.1, 0.15) is 3.53 Å². The summed E-state index contributed by atoms with van der Waals surface area (Å²) in [5, 5.41) is 0. The molecule has 0 fully saturated rings. The molecule has 104 valence electrons. The van der Waals surface area contributed by atoms with Crippen LogP contribution in [0.1, 0.15) is 0 Å². The van der Waals surface area contributed by atoms with Crippen molar-refractivity contribution in [3.63, 3.8) is 0 Å². The minimum atomic E-state index is -0.183. The molecule has 0 aliphatic rings. The molecular formula is C14H12S6. The van der Waals surface area contributed by atoms with Crippen LogP contribution in [0.5, 0.6) is 0 Å². The quantitative estimate of drug-likeness (QED) is 0.378. The molecule has 2 aromatic rings. The van der Waals surface area contributed by atoms with Gasteiger partial charge in [0.2, 0.25) is 0 Å². The molecule has 0 N–H and O–H groups in total. The maximum Gasteiger partial charge on any atom is 0.112 e. The van der Waals surface area contributed by atoms with Crippen molar-refractivity contribution in [2.75, 3.05) is 0 Å². The second kappa shape index (κ2) is 8.56. The molecule has 0 radical (unpaired) electrons. The summed E-state index contributed by atoms with van der Waals surface area (Å²) in [6.07, 6.45) is 0. The SMILES string of the molecule is S=C(S)SSC(S)=S(c1ccccc1)c1ccccc1. The molecule has 2 rings (SSSR count). The fourth-order valence-electron chi connectivity index (χ4n) is 1.56. The van der Waals surface area contributed by atoms with E-state index >= 15 is 0 Å². The van der Waals surface area contributed by atoms with E-state index in [-0.39, 0.29) is 10.5 Å². The third kappa shape index (κ3) is 4.86. The first-order valence-electron chi connectivity index (χ1n) is 5.66. The van der Waals surface area contributed by atoms with E-state index in [1.807, 2.05) is 12.1 Å². The van der Waals surface area contributed by atoms with Gasteiger partial charge >= 0.3 is 0 Å². The lowest BCUT2D eigenvalue weighted by Gasteiger charge is -2.13. The average Bonchev–Trinajstić information content (AvgIpc) is 2.48. The fraction of sp³-hybridized carbons (Fsp3) is 0. The Morgan fingerprint density at radius 1 is 0.800 bits per heavy atom. The molecule has 0 aliphatic heterocycles. The minimum absolute atomic E-state index is 0.183. The van der Waals surface area contributed by atoms with Crippen LogP contribution in [0.2, 0.25) is 0 Å². The fourth-order valence-corrected chi connectivity index (χ4v) is 7.04. The number of hydrogen-bond donors (Lipinski definition) is 2. The molecular weight excluding hydrogens is 361 g/mol. The molecule has 2 aromatic carbocycles. The van der Waals surface area contributed by atoms with Crippen molar-refractivity contribution in [3.8, 4) is 0 Å². The van der Waals surface area contributed by atoms with Crippen molar-refractivity contribution < 1.29 is 0 Å². The van der Waals surface area contributed by atoms with Gasteiger partial charge in [-0.05, 0) is 45.9 Å². The van der Waals surface area contributed by atoms with Crippen LogP contribution in [-0.4, -0.2) is 7.06 Å². The standard InChI is InChI=1S/C14H12S6/c15-13(16)18-19-14(17)20(11-7-3-1-4-8-11)12-9-5-2-6-10-12/h1-10,17H,(H,15,16). The summed E-state index contributed by atoms with van der Waals surface area (Å²) in [5.74, 6) is 0. The van der Waals surface area contributed by atoms with Crippen LogP contribution in [0.25, 0.3) is 0 Å². The zero-order valence-corrected chi connectivity index (χ0v) is 15.4. The summed E-state index contributed by atoms with van der Waals surface area (Å²) in [6, 6.07) is 20.8. The predicted octanol–water partition coefficient (Wildman–Crippen LogP) is 5.99. The Morgan fingerprint density at radius 3 is 1.65 bits per heavy atom. The summed E-state index contributed by atoms with van der Waals surface area (Å²) in [7, 11) is 2.85. The van der Waals surface area contributed by atoms with Gasteiger partial charge in [-0.2, -0.15) is 0 Å². The minimum Gasteiger partial charge on any atom is -0.129 e. The Labute approximate surface area is 146 Å². The van der Waals surface area contributed by atoms with Crippen molar-refractivity contribution in [2.24, 2.45) is 0 Å². The lowest BCUT2D eigenvalue weighted by molar-refractivity contribution is 1.40. The number of thiol groups is 2. The second-order valence-corrected chi connectivity index (χ2v) is 10.8. The van der Waals surface area contributed by atoms with Gasteiger partial charge in [-0.15, -0.1) is 35.7 Å². The zero-order chi connectivity index (χ0) is 14.4. The molecule has 20 heavy (non-hydrogen) atoms. The average molecular weight is 373 g/mol. The smallest absolute Gasteiger partial charge is 0.112 e. The summed E-state index contributed by atoms with van der Waals surface area (Å²) in [6.45, 7) is 0. The molecule has 0 aromatic heterocycles. The van der Waals surface area contributed by atoms with Crippen LogP contribution in [0.15, 0.2) is 70.5 Å². The molecule has 0 aliphatic carbocycles. The Kier molecular flexibility index (Phi) is 7.07. The third-order valence-corrected chi connectivity index (χ3v) is 9.24. The molecule has 6 heteroatoms. The van der Waals surface area contributed by atoms with Crippen molar-refractivity contribution in [3.05, 3.63) is 60.7 Å². The van der Waals surface area contributed by atoms with Gasteiger partial charge < -0.3 is 0 Å². The summed E-state index contributed by atoms with van der Waals surface area (Å²) in [4.78, 5) is 2.50. The molecule has 0 heterocycles. The maximum atomic E-state index is 5.00. The van der Waals surface area contributed by atoms with Gasteiger partial charge in [0, 0.05) is 9.79 Å². The summed E-state index contributed by atoms with van der Waals surface area (Å²) in [5.41, 5.74) is 0. The number of benzene rings is 2. The predicted molar refractivity (Wildman–Crippen MR) is 108 cm³/mol. The van der Waals surface area contributed by atoms with E-state index in [1.165, 1.54) is 20.6 Å². The highest BCUT2D eigenvalue weighted by atomic mass is 33.1. The molecule has 0 atom stereocenters. The summed E-state index contributed by atoms with van der Waals surface area (Å²) >= 11 is 13.8. The van der Waals surface area contributed by atoms with Crippen LogP contribution < -0.4 is 0 Å². The molecule has 0 saturated carbocycles. The van der Waals surface area contributed by atoms with Gasteiger partial charge in [0.15, 0.2) is 0 Å². The Hall–Kier alpha value is 0.150. The topological polar surface area (TPSA) is 0 Å². The number of rotatable bonds is 2. The van der Waals surface area contributed by atoms with Crippen molar-refractivity contribution in [1.82, 2.24) is 0 Å². The largest absolute Gasteiger partial charge is 0.129 e. The first-order valence-corrected chi connectivity index (χ1v) is 10.3. The molecule has 0 unspecified atom stereocenters. The van der Waals surface area contributed by atoms with E-state index in [9.17, 15) is 0 Å². The number of hydrogen-bond acceptors (Lipinski definition) is 3. The first kappa shape index (κ1) is 16.5. The molecule has 0 amide bonds. The van der Waals surface area contributed by atoms with E-state index in [2.05, 4.69) is 61.2 Å². The summed E-state index contributed by atoms with van der Waals surface area (Å²) < 4.78 is 1.65. The van der Waals surface area contributed by atoms with Crippen LogP contribution in [0.4, 0.5) is 0 Å². The number of thiocarbonyl (C=S) groups is 1. The van der Waals surface area contributed by atoms with Gasteiger partial charge in [0.05, 0.1) is 3.53 Å². The lowest BCUT2D eigenvalue weighted by Crippen LogP contribution is -1.85. The van der Waals surface area contributed by atoms with Crippen molar-refractivity contribution >= 4 is 76.6 Å². The third-order valence-electron chi connectivity index (χ3n) is 2.32. The Bertz CT molecular complexity index is 565. The second-order valence-electron chi connectivity index (χ2n) is 3.63. The van der Waals surface area contributed by atoms with E-state index in [1.54, 1.807) is 10.8 Å². The first-order chi connectivity index (χ1) is 9.68. The maximum absolute atomic E-state index is 5.00. The van der Waals surface area contributed by atoms with Crippen molar-refractivity contribution in [1.29, 1.82) is 0 Å².